The first kappa shape index (κ1) is 30.3. The fraction of sp³-hybridized carbons (Fsp3) is 0. The molecule has 0 unspecified atom stereocenters. The molecule has 16 valence electrons. The third-order valence-corrected chi connectivity index (χ3v) is 0. The molecule has 0 fully saturated rings. The second-order valence-electron chi connectivity index (χ2n) is 0. The minimum atomic E-state index is 0. The summed E-state index contributed by atoms with van der Waals surface area (Å²) in [6.45, 7) is 0. The zero-order chi connectivity index (χ0) is 0. The molecule has 0 atom stereocenters. The van der Waals surface area contributed by atoms with E-state index >= 15 is 0 Å². The molecule has 0 N–H and O–H groups in total. The SMILES string of the molecule is [Co+2].[Fe+2].[Hf+4].[Nb+2]. The molecular formula is CoFeHfNb+10. The summed E-state index contributed by atoms with van der Waals surface area (Å²) in [6, 6.07) is 0. The second-order valence-corrected chi connectivity index (χ2v) is 0. The molecule has 0 aromatic carbocycles. The molecule has 0 aliphatic heterocycles. The van der Waals surface area contributed by atoms with Crippen LogP contribution in [0.15, 0.2) is 0 Å². The van der Waals surface area contributed by atoms with Gasteiger partial charge in [-0.1, -0.05) is 0 Å². The predicted molar refractivity (Wildman–Crippen MR) is 0 cm³/mol. The molecule has 0 spiro atoms. The van der Waals surface area contributed by atoms with Gasteiger partial charge in [-0.3, -0.25) is 0 Å². The van der Waals surface area contributed by atoms with Crippen molar-refractivity contribution in [3.63, 3.8) is 0 Å². The van der Waals surface area contributed by atoms with Gasteiger partial charge in [-0.05, 0) is 0 Å². The normalized spacial score (nSPS) is 0. The molecule has 0 saturated heterocycles. The topological polar surface area (TPSA) is 0 Å². The van der Waals surface area contributed by atoms with Gasteiger partial charge in [0.2, 0.25) is 0 Å². The second kappa shape index (κ2) is 17.4. The van der Waals surface area contributed by atoms with Crippen LogP contribution in [0.25, 0.3) is 0 Å². The average molecular weight is 386 g/mol. The molecule has 0 heterocycles. The zero-order valence-electron chi connectivity index (χ0n) is 1.63. The molecule has 0 aromatic heterocycles. The Morgan fingerprint density at radius 3 is 1.00 bits per heavy atom. The van der Waals surface area contributed by atoms with Crippen molar-refractivity contribution in [3.8, 4) is 0 Å². The van der Waals surface area contributed by atoms with Gasteiger partial charge < -0.3 is 0 Å². The van der Waals surface area contributed by atoms with Gasteiger partial charge in [0, 0.05) is 0 Å². The van der Waals surface area contributed by atoms with Crippen molar-refractivity contribution >= 4 is 0 Å². The molecule has 2 radical (unpaired) electrons. The maximum Gasteiger partial charge on any atom is 4.00 e. The minimum Gasteiger partial charge on any atom is 2.00 e. The third kappa shape index (κ3) is 8.82. The van der Waals surface area contributed by atoms with E-state index in [1.165, 1.54) is 0 Å². The largest absolute Gasteiger partial charge is 4.00 e. The van der Waals surface area contributed by atoms with Gasteiger partial charge in [-0.15, -0.1) is 0 Å². The van der Waals surface area contributed by atoms with Gasteiger partial charge >= 0.3 is 82.1 Å². The fourth-order valence-corrected chi connectivity index (χ4v) is 0. The molecule has 0 rings (SSSR count). The smallest absolute Gasteiger partial charge is 2.00 e. The van der Waals surface area contributed by atoms with E-state index in [0.29, 0.717) is 0 Å². The van der Waals surface area contributed by atoms with Crippen LogP contribution in [0.5, 0.6) is 0 Å². The van der Waals surface area contributed by atoms with Crippen molar-refractivity contribution < 1.29 is 82.1 Å². The Hall–Kier alpha value is 2.64. The third-order valence-electron chi connectivity index (χ3n) is 0. The van der Waals surface area contributed by atoms with E-state index in [1.807, 2.05) is 0 Å². The van der Waals surface area contributed by atoms with Crippen LogP contribution in [0.3, 0.4) is 0 Å². The summed E-state index contributed by atoms with van der Waals surface area (Å²) in [5, 5.41) is 0. The van der Waals surface area contributed by atoms with Crippen molar-refractivity contribution in [3.05, 3.63) is 0 Å². The fourth-order valence-electron chi connectivity index (χ4n) is 0. The first-order valence-electron chi connectivity index (χ1n) is 0. The Bertz CT molecular complexity index is 8.00. The Morgan fingerprint density at radius 2 is 1.00 bits per heavy atom. The van der Waals surface area contributed by atoms with E-state index in [1.54, 1.807) is 0 Å². The number of hydrogen-bond donors (Lipinski definition) is 0. The van der Waals surface area contributed by atoms with Crippen molar-refractivity contribution in [2.75, 3.05) is 0 Å². The Balaban J connectivity index is 0. The maximum absolute atomic E-state index is 0. The van der Waals surface area contributed by atoms with Crippen LogP contribution in [0.4, 0.5) is 0 Å². The molecule has 4 heteroatoms. The summed E-state index contributed by atoms with van der Waals surface area (Å²) in [6.07, 6.45) is 0. The first-order valence-corrected chi connectivity index (χ1v) is 0. The van der Waals surface area contributed by atoms with Crippen LogP contribution in [0.2, 0.25) is 0 Å². The summed E-state index contributed by atoms with van der Waals surface area (Å²) in [5.74, 6) is 0. The Kier molecular flexibility index (Phi) is 132. The quantitative estimate of drug-likeness (QED) is 0.514. The summed E-state index contributed by atoms with van der Waals surface area (Å²) in [5.41, 5.74) is 0. The van der Waals surface area contributed by atoms with Gasteiger partial charge in [-0.2, -0.15) is 0 Å². The van der Waals surface area contributed by atoms with Crippen LogP contribution < -0.4 is 0 Å². The van der Waals surface area contributed by atoms with Crippen molar-refractivity contribution in [2.45, 2.75) is 0 Å². The summed E-state index contributed by atoms with van der Waals surface area (Å²) in [4.78, 5) is 0. The summed E-state index contributed by atoms with van der Waals surface area (Å²) in [7, 11) is 0. The van der Waals surface area contributed by atoms with E-state index in [2.05, 4.69) is 0 Å². The van der Waals surface area contributed by atoms with E-state index in [4.69, 9.17) is 0 Å². The van der Waals surface area contributed by atoms with Gasteiger partial charge in [0.25, 0.3) is 0 Å². The minimum absolute atomic E-state index is 0. The summed E-state index contributed by atoms with van der Waals surface area (Å²) >= 11 is 0. The zero-order valence-corrected chi connectivity index (χ0v) is 9.57. The van der Waals surface area contributed by atoms with E-state index in [0.717, 1.165) is 0 Å². The number of rotatable bonds is 0. The van der Waals surface area contributed by atoms with Gasteiger partial charge in [0.05, 0.1) is 0 Å². The molecule has 0 bridgehead atoms. The van der Waals surface area contributed by atoms with Crippen molar-refractivity contribution in [2.24, 2.45) is 0 Å². The molecule has 0 aromatic rings. The Morgan fingerprint density at radius 1 is 1.00 bits per heavy atom. The Labute approximate surface area is 80.8 Å². The standard InChI is InChI=1S/Co.Fe.Hf.Nb/q2*+2;+4;+2. The molecule has 0 aliphatic rings. The van der Waals surface area contributed by atoms with E-state index < -0.39 is 0 Å². The molecule has 0 aliphatic carbocycles. The number of hydrogen-bond acceptors (Lipinski definition) is 0. The first-order chi connectivity index (χ1) is 0. The molecule has 0 saturated carbocycles. The monoisotopic (exact) mass is 388 g/mol. The molecule has 4 heavy (non-hydrogen) atoms. The van der Waals surface area contributed by atoms with E-state index in [9.17, 15) is 0 Å². The average Bonchev–Trinajstić information content (AvgIpc) is 0. The van der Waals surface area contributed by atoms with Crippen LogP contribution in [0.1, 0.15) is 0 Å². The molecule has 0 amide bonds. The van der Waals surface area contributed by atoms with Crippen LogP contribution in [0, 0.1) is 0 Å². The predicted octanol–water partition coefficient (Wildman–Crippen LogP) is -0.0100. The summed E-state index contributed by atoms with van der Waals surface area (Å²) < 4.78 is 0. The van der Waals surface area contributed by atoms with Crippen LogP contribution >= 0.6 is 0 Å². The van der Waals surface area contributed by atoms with Gasteiger partial charge in [0.15, 0.2) is 0 Å². The van der Waals surface area contributed by atoms with E-state index in [-0.39, 0.29) is 82.1 Å². The van der Waals surface area contributed by atoms with Crippen LogP contribution in [-0.2, 0) is 82.1 Å². The maximum atomic E-state index is 0. The van der Waals surface area contributed by atoms with Gasteiger partial charge in [0.1, 0.15) is 0 Å². The molecule has 0 nitrogen and oxygen atoms in total. The van der Waals surface area contributed by atoms with Crippen LogP contribution in [-0.4, -0.2) is 0 Å². The van der Waals surface area contributed by atoms with Crippen molar-refractivity contribution in [1.82, 2.24) is 0 Å². The molecular weight excluding hydrogens is 386 g/mol. The van der Waals surface area contributed by atoms with Crippen molar-refractivity contribution in [1.29, 1.82) is 0 Å². The van der Waals surface area contributed by atoms with Gasteiger partial charge in [-0.25, -0.2) is 0 Å².